The fourth-order valence-corrected chi connectivity index (χ4v) is 2.12. The van der Waals surface area contributed by atoms with Gasteiger partial charge in [-0.1, -0.05) is 23.2 Å². The van der Waals surface area contributed by atoms with Gasteiger partial charge in [-0.2, -0.15) is 9.78 Å². The third kappa shape index (κ3) is 2.94. The van der Waals surface area contributed by atoms with E-state index in [-0.39, 0.29) is 6.03 Å². The van der Waals surface area contributed by atoms with Gasteiger partial charge in [0, 0.05) is 5.69 Å². The van der Waals surface area contributed by atoms with Crippen molar-refractivity contribution in [2.75, 3.05) is 5.32 Å². The summed E-state index contributed by atoms with van der Waals surface area (Å²) in [7, 11) is 0. The van der Waals surface area contributed by atoms with Gasteiger partial charge in [-0.25, -0.2) is 4.79 Å². The number of halogens is 3. The normalized spacial score (nSPS) is 10.6. The predicted octanol–water partition coefficient (Wildman–Crippen LogP) is 4.65. The third-order valence-electron chi connectivity index (χ3n) is 2.57. The van der Waals surface area contributed by atoms with E-state index < -0.39 is 0 Å². The van der Waals surface area contributed by atoms with Crippen LogP contribution in [0.25, 0.3) is 0 Å². The zero-order valence-electron chi connectivity index (χ0n) is 10.2. The minimum atomic E-state index is -0.357. The topological polar surface area (TPSA) is 46.9 Å². The van der Waals surface area contributed by atoms with Gasteiger partial charge in [0.2, 0.25) is 0 Å². The second-order valence-corrected chi connectivity index (χ2v) is 5.56. The van der Waals surface area contributed by atoms with Crippen LogP contribution in [-0.2, 0) is 0 Å². The van der Waals surface area contributed by atoms with Crippen LogP contribution < -0.4 is 5.32 Å². The van der Waals surface area contributed by atoms with Crippen molar-refractivity contribution in [2.24, 2.45) is 0 Å². The molecule has 1 aromatic heterocycles. The predicted molar refractivity (Wildman–Crippen MR) is 80.3 cm³/mol. The van der Waals surface area contributed by atoms with E-state index in [1.165, 1.54) is 4.68 Å². The van der Waals surface area contributed by atoms with E-state index in [0.717, 1.165) is 15.9 Å². The fourth-order valence-electron chi connectivity index (χ4n) is 1.57. The van der Waals surface area contributed by atoms with E-state index >= 15 is 0 Å². The smallest absolute Gasteiger partial charge is 0.306 e. The van der Waals surface area contributed by atoms with Gasteiger partial charge in [-0.05, 0) is 48.0 Å². The van der Waals surface area contributed by atoms with Crippen molar-refractivity contribution in [3.05, 3.63) is 44.1 Å². The molecule has 2 rings (SSSR count). The largest absolute Gasteiger partial charge is 0.346 e. The van der Waals surface area contributed by atoms with Gasteiger partial charge < -0.3 is 5.32 Å². The summed E-state index contributed by atoms with van der Waals surface area (Å²) in [5, 5.41) is 7.67. The van der Waals surface area contributed by atoms with Gasteiger partial charge in [0.05, 0.1) is 25.9 Å². The maximum absolute atomic E-state index is 12.1. The molecule has 0 aliphatic carbocycles. The first-order chi connectivity index (χ1) is 8.90. The Hall–Kier alpha value is -1.04. The average Bonchev–Trinajstić information content (AvgIpc) is 2.62. The number of carbonyl (C=O) groups excluding carboxylic acids is 1. The molecule has 19 heavy (non-hydrogen) atoms. The van der Waals surface area contributed by atoms with Gasteiger partial charge >= 0.3 is 6.03 Å². The molecule has 0 saturated heterocycles. The molecule has 1 heterocycles. The van der Waals surface area contributed by atoms with Crippen LogP contribution >= 0.6 is 39.1 Å². The van der Waals surface area contributed by atoms with Crippen LogP contribution in [0.15, 0.2) is 22.7 Å². The number of hydrogen-bond donors (Lipinski definition) is 1. The van der Waals surface area contributed by atoms with Crippen LogP contribution in [0, 0.1) is 13.8 Å². The molecular weight excluding hydrogens is 353 g/mol. The molecule has 100 valence electrons. The quantitative estimate of drug-likeness (QED) is 0.802. The summed E-state index contributed by atoms with van der Waals surface area (Å²) in [6, 6.07) is 4.52. The van der Waals surface area contributed by atoms with Crippen LogP contribution in [0.5, 0.6) is 0 Å². The molecule has 0 saturated carbocycles. The van der Waals surface area contributed by atoms with Gasteiger partial charge in [0.25, 0.3) is 0 Å². The highest BCUT2D eigenvalue weighted by Gasteiger charge is 2.15. The lowest BCUT2D eigenvalue weighted by atomic mass is 10.3. The Morgan fingerprint density at radius 2 is 2.00 bits per heavy atom. The first kappa shape index (κ1) is 14.4. The van der Waals surface area contributed by atoms with Crippen LogP contribution in [0.4, 0.5) is 10.5 Å². The molecule has 0 radical (unpaired) electrons. The number of nitrogens with zero attached hydrogens (tertiary/aromatic N) is 2. The molecule has 0 spiro atoms. The number of carbonyl (C=O) groups is 1. The van der Waals surface area contributed by atoms with Crippen molar-refractivity contribution in [3.8, 4) is 0 Å². The molecule has 7 heteroatoms. The molecule has 0 bridgehead atoms. The van der Waals surface area contributed by atoms with Crippen molar-refractivity contribution < 1.29 is 4.79 Å². The Labute approximate surface area is 128 Å². The molecule has 0 atom stereocenters. The number of hydrogen-bond acceptors (Lipinski definition) is 2. The summed E-state index contributed by atoms with van der Waals surface area (Å²) in [6.45, 7) is 3.62. The maximum atomic E-state index is 12.1. The fraction of sp³-hybridized carbons (Fsp3) is 0.167. The van der Waals surface area contributed by atoms with Crippen molar-refractivity contribution >= 4 is 50.9 Å². The lowest BCUT2D eigenvalue weighted by Gasteiger charge is -2.07. The molecule has 2 aromatic rings. The van der Waals surface area contributed by atoms with E-state index in [1.807, 2.05) is 6.92 Å². The molecule has 0 aliphatic rings. The maximum Gasteiger partial charge on any atom is 0.346 e. The Bertz CT molecular complexity index is 655. The monoisotopic (exact) mass is 361 g/mol. The highest BCUT2D eigenvalue weighted by molar-refractivity contribution is 9.10. The second-order valence-electron chi connectivity index (χ2n) is 3.96. The lowest BCUT2D eigenvalue weighted by molar-refractivity contribution is 0.250. The standard InChI is InChI=1S/C12H10BrCl2N3O/c1-6-11(13)7(2)18(17-6)12(19)16-8-3-4-9(14)10(15)5-8/h3-5H,1-2H3,(H,16,19). The van der Waals surface area contributed by atoms with Crippen molar-refractivity contribution in [3.63, 3.8) is 0 Å². The molecular formula is C12H10BrCl2N3O. The number of benzene rings is 1. The highest BCUT2D eigenvalue weighted by Crippen LogP contribution is 2.25. The minimum absolute atomic E-state index is 0.357. The number of aromatic nitrogens is 2. The van der Waals surface area contributed by atoms with E-state index in [0.29, 0.717) is 15.7 Å². The molecule has 1 aromatic carbocycles. The van der Waals surface area contributed by atoms with Crippen molar-refractivity contribution in [1.29, 1.82) is 0 Å². The summed E-state index contributed by atoms with van der Waals surface area (Å²) in [4.78, 5) is 12.1. The Balaban J connectivity index is 2.25. The number of amides is 1. The zero-order valence-corrected chi connectivity index (χ0v) is 13.3. The Kier molecular flexibility index (Phi) is 4.18. The van der Waals surface area contributed by atoms with Crippen molar-refractivity contribution in [2.45, 2.75) is 13.8 Å². The molecule has 4 nitrogen and oxygen atoms in total. The number of aryl methyl sites for hydroxylation is 1. The molecule has 0 fully saturated rings. The summed E-state index contributed by atoms with van der Waals surface area (Å²) in [5.41, 5.74) is 2.04. The average molecular weight is 363 g/mol. The number of nitrogens with one attached hydrogen (secondary N) is 1. The van der Waals surface area contributed by atoms with Crippen LogP contribution in [0.1, 0.15) is 11.4 Å². The van der Waals surface area contributed by atoms with Crippen LogP contribution in [-0.4, -0.2) is 15.8 Å². The lowest BCUT2D eigenvalue weighted by Crippen LogP contribution is -2.21. The zero-order chi connectivity index (χ0) is 14.2. The van der Waals surface area contributed by atoms with E-state index in [2.05, 4.69) is 26.3 Å². The van der Waals surface area contributed by atoms with Gasteiger partial charge in [0.15, 0.2) is 0 Å². The van der Waals surface area contributed by atoms with Crippen LogP contribution in [0.3, 0.4) is 0 Å². The van der Waals surface area contributed by atoms with E-state index in [9.17, 15) is 4.79 Å². The summed E-state index contributed by atoms with van der Waals surface area (Å²) in [5.74, 6) is 0. The van der Waals surface area contributed by atoms with Crippen LogP contribution in [0.2, 0.25) is 10.0 Å². The number of anilines is 1. The van der Waals surface area contributed by atoms with Crippen molar-refractivity contribution in [1.82, 2.24) is 9.78 Å². The second kappa shape index (κ2) is 5.53. The SMILES string of the molecule is Cc1nn(C(=O)Nc2ccc(Cl)c(Cl)c2)c(C)c1Br. The first-order valence-electron chi connectivity index (χ1n) is 5.38. The summed E-state index contributed by atoms with van der Waals surface area (Å²) in [6.07, 6.45) is 0. The first-order valence-corrected chi connectivity index (χ1v) is 6.93. The highest BCUT2D eigenvalue weighted by atomic mass is 79.9. The Morgan fingerprint density at radius 1 is 1.32 bits per heavy atom. The Morgan fingerprint density at radius 3 is 2.53 bits per heavy atom. The number of rotatable bonds is 1. The third-order valence-corrected chi connectivity index (χ3v) is 4.45. The van der Waals surface area contributed by atoms with E-state index in [1.54, 1.807) is 25.1 Å². The van der Waals surface area contributed by atoms with Gasteiger partial charge in [-0.3, -0.25) is 0 Å². The van der Waals surface area contributed by atoms with Gasteiger partial charge in [-0.15, -0.1) is 0 Å². The summed E-state index contributed by atoms with van der Waals surface area (Å²) >= 11 is 15.1. The molecule has 1 amide bonds. The van der Waals surface area contributed by atoms with Gasteiger partial charge in [0.1, 0.15) is 0 Å². The molecule has 0 unspecified atom stereocenters. The molecule has 1 N–H and O–H groups in total. The molecule has 0 aliphatic heterocycles. The van der Waals surface area contributed by atoms with E-state index in [4.69, 9.17) is 23.2 Å². The summed E-state index contributed by atoms with van der Waals surface area (Å²) < 4.78 is 2.11. The minimum Gasteiger partial charge on any atom is -0.306 e.